The second-order valence-corrected chi connectivity index (χ2v) is 15.0. The molecule has 2 bridgehead atoms. The van der Waals surface area contributed by atoms with Crippen molar-refractivity contribution in [2.45, 2.75) is 36.1 Å². The maximum Gasteiger partial charge on any atom is 0.305 e. The summed E-state index contributed by atoms with van der Waals surface area (Å²) in [7, 11) is 0. The van der Waals surface area contributed by atoms with Gasteiger partial charge in [-0.1, -0.05) is 57.1 Å². The summed E-state index contributed by atoms with van der Waals surface area (Å²) in [5.41, 5.74) is 3.63. The average molecular weight is 678 g/mol. The van der Waals surface area contributed by atoms with Gasteiger partial charge in [-0.2, -0.15) is 0 Å². The Labute approximate surface area is 263 Å². The topological polar surface area (TPSA) is 79.5 Å². The van der Waals surface area contributed by atoms with Crippen LogP contribution in [0.25, 0.3) is 0 Å². The van der Waals surface area contributed by atoms with Crippen molar-refractivity contribution in [2.75, 3.05) is 4.90 Å². The molecule has 4 aliphatic rings. The van der Waals surface area contributed by atoms with Gasteiger partial charge in [0.05, 0.1) is 22.5 Å². The maximum atomic E-state index is 14.0. The predicted molar refractivity (Wildman–Crippen MR) is 167 cm³/mol. The molecule has 1 saturated heterocycles. The number of thioether (sulfide) groups is 1. The van der Waals surface area contributed by atoms with Crippen LogP contribution in [-0.4, -0.2) is 22.0 Å². The molecule has 5 unspecified atom stereocenters. The van der Waals surface area contributed by atoms with Gasteiger partial charge in [0.2, 0.25) is 11.8 Å². The first kappa shape index (κ1) is 27.3. The molecule has 4 aromatic rings. The van der Waals surface area contributed by atoms with Gasteiger partial charge in [-0.3, -0.25) is 19.3 Å². The molecule has 0 radical (unpaired) electrons. The number of carbonyl (C=O) groups excluding carboxylic acids is 2. The Balaban J connectivity index is 1.20. The number of anilines is 1. The Morgan fingerprint density at radius 2 is 1.70 bits per heavy atom. The zero-order valence-electron chi connectivity index (χ0n) is 23.0. The second kappa shape index (κ2) is 10.2. The van der Waals surface area contributed by atoms with Crippen molar-refractivity contribution in [3.8, 4) is 5.75 Å². The number of hydrogen-bond donors (Lipinski definition) is 1. The van der Waals surface area contributed by atoms with Gasteiger partial charge in [0.25, 0.3) is 0 Å². The van der Waals surface area contributed by atoms with Crippen molar-refractivity contribution >= 4 is 56.5 Å². The molecule has 3 aromatic carbocycles. The van der Waals surface area contributed by atoms with Gasteiger partial charge in [-0.05, 0) is 79.1 Å². The minimum Gasteiger partial charge on any atom is -0.489 e. The van der Waals surface area contributed by atoms with Gasteiger partial charge in [-0.25, -0.2) is 4.39 Å². The number of carbonyl (C=O) groups is 2. The number of fused-ring (bicyclic) bond motifs is 9. The maximum absolute atomic E-state index is 14.0. The van der Waals surface area contributed by atoms with Crippen molar-refractivity contribution in [1.82, 2.24) is 4.98 Å². The quantitative estimate of drug-likeness (QED) is 0.233. The smallest absolute Gasteiger partial charge is 0.305 e. The van der Waals surface area contributed by atoms with E-state index in [2.05, 4.69) is 58.2 Å². The molecule has 2 aliphatic heterocycles. The highest BCUT2D eigenvalue weighted by molar-refractivity contribution is 9.10. The van der Waals surface area contributed by atoms with Crippen LogP contribution in [0.5, 0.6) is 5.75 Å². The highest BCUT2D eigenvalue weighted by Gasteiger charge is 2.69. The summed E-state index contributed by atoms with van der Waals surface area (Å²) in [4.78, 5) is 45.7. The summed E-state index contributed by atoms with van der Waals surface area (Å²) in [6.45, 7) is 2.45. The van der Waals surface area contributed by atoms with E-state index in [9.17, 15) is 18.8 Å². The molecule has 3 fully saturated rings. The highest BCUT2D eigenvalue weighted by Crippen LogP contribution is 2.69. The number of halogens is 2. The number of rotatable bonds is 5. The molecule has 3 heterocycles. The number of amides is 2. The van der Waals surface area contributed by atoms with Crippen LogP contribution in [0.4, 0.5) is 10.1 Å². The van der Waals surface area contributed by atoms with Crippen molar-refractivity contribution in [2.24, 2.45) is 29.6 Å². The molecule has 2 aliphatic carbocycles. The van der Waals surface area contributed by atoms with Crippen LogP contribution in [0.3, 0.4) is 0 Å². The lowest BCUT2D eigenvalue weighted by molar-refractivity contribution is -0.123. The zero-order chi connectivity index (χ0) is 29.6. The Hall–Kier alpha value is -3.21. The Morgan fingerprint density at radius 3 is 2.44 bits per heavy atom. The first-order chi connectivity index (χ1) is 20.8. The van der Waals surface area contributed by atoms with Gasteiger partial charge in [-0.15, -0.1) is 11.8 Å². The molecule has 2 amide bonds. The molecule has 1 N–H and O–H groups in total. The van der Waals surface area contributed by atoms with E-state index in [0.717, 1.165) is 37.7 Å². The summed E-state index contributed by atoms with van der Waals surface area (Å²) < 4.78 is 21.0. The Kier molecular flexibility index (Phi) is 6.47. The zero-order valence-corrected chi connectivity index (χ0v) is 26.2. The molecule has 10 heteroatoms. The minimum atomic E-state index is -0.437. The summed E-state index contributed by atoms with van der Waals surface area (Å²) >= 11 is 6.55. The first-order valence-corrected chi connectivity index (χ1v) is 16.8. The molecular formula is C33H26BrFN2O4S2. The van der Waals surface area contributed by atoms with Crippen LogP contribution in [-0.2, 0) is 16.2 Å². The fourth-order valence-corrected chi connectivity index (χ4v) is 11.2. The van der Waals surface area contributed by atoms with Crippen molar-refractivity contribution in [3.05, 3.63) is 108 Å². The fourth-order valence-electron chi connectivity index (χ4n) is 7.95. The van der Waals surface area contributed by atoms with Crippen molar-refractivity contribution in [3.63, 3.8) is 0 Å². The van der Waals surface area contributed by atoms with Crippen molar-refractivity contribution in [1.29, 1.82) is 0 Å². The van der Waals surface area contributed by atoms with Crippen LogP contribution in [0.1, 0.15) is 33.9 Å². The van der Waals surface area contributed by atoms with Crippen molar-refractivity contribution < 1.29 is 18.7 Å². The fraction of sp³-hybridized carbons (Fsp3) is 0.303. The number of nitrogens with zero attached hydrogens (tertiary/aromatic N) is 1. The number of nitrogens with one attached hydrogen (secondary N) is 1. The van der Waals surface area contributed by atoms with E-state index < -0.39 is 17.7 Å². The molecule has 218 valence electrons. The third kappa shape index (κ3) is 4.28. The second-order valence-electron chi connectivity index (χ2n) is 11.9. The molecule has 6 nitrogen and oxygen atoms in total. The summed E-state index contributed by atoms with van der Waals surface area (Å²) in [5, 5.41) is 0.907. The van der Waals surface area contributed by atoms with Crippen LogP contribution >= 0.6 is 39.0 Å². The molecule has 43 heavy (non-hydrogen) atoms. The largest absolute Gasteiger partial charge is 0.489 e. The SMILES string of the molecule is Cc1ccc(COc2ccc(Br)cc2C2c3sc(=O)[nH]c3SC3C2[C@H]2C[C@@H]3C3C(=O)N(c4ccc(F)cc4)C(=O)C32)cc1. The summed E-state index contributed by atoms with van der Waals surface area (Å²) in [6.07, 6.45) is 0.787. The lowest BCUT2D eigenvalue weighted by Crippen LogP contribution is -2.42. The lowest BCUT2D eigenvalue weighted by atomic mass is 9.68. The minimum absolute atomic E-state index is 0.00460. The number of aromatic nitrogens is 1. The number of aryl methyl sites for hydroxylation is 1. The van der Waals surface area contributed by atoms with E-state index in [-0.39, 0.29) is 45.6 Å². The third-order valence-corrected chi connectivity index (χ3v) is 12.7. The van der Waals surface area contributed by atoms with Gasteiger partial charge in [0.15, 0.2) is 0 Å². The molecule has 1 aromatic heterocycles. The Bertz CT molecular complexity index is 1840. The van der Waals surface area contributed by atoms with Gasteiger partial charge >= 0.3 is 4.87 Å². The normalized spacial score (nSPS) is 28.6. The lowest BCUT2D eigenvalue weighted by Gasteiger charge is -2.43. The first-order valence-electron chi connectivity index (χ1n) is 14.3. The predicted octanol–water partition coefficient (Wildman–Crippen LogP) is 6.90. The van der Waals surface area contributed by atoms with Crippen LogP contribution < -0.4 is 14.5 Å². The molecular weight excluding hydrogens is 651 g/mol. The molecule has 7 atom stereocenters. The molecule has 8 rings (SSSR count). The monoisotopic (exact) mass is 676 g/mol. The number of thiazole rings is 1. The Morgan fingerprint density at radius 1 is 0.977 bits per heavy atom. The van der Waals surface area contributed by atoms with E-state index in [4.69, 9.17) is 4.74 Å². The van der Waals surface area contributed by atoms with E-state index in [0.29, 0.717) is 12.3 Å². The number of aromatic amines is 1. The number of hydrogen-bond acceptors (Lipinski definition) is 6. The standard InChI is InChI=1S/C33H26BrFN2O4S2/c1-15-2-4-16(5-3-15)14-41-23-11-6-17(34)12-20(23)24-25-21-13-22(28(25)42-30-29(24)43-33(40)36-30)27-26(21)31(38)37(32(27)39)19-9-7-18(35)8-10-19/h2-12,21-22,24-28H,13-14H2,1H3,(H,36,40)/t21-,22-,24?,25?,26?,27?,28?/m1/s1. The van der Waals surface area contributed by atoms with Crippen LogP contribution in [0.2, 0.25) is 0 Å². The average Bonchev–Trinajstić information content (AvgIpc) is 3.73. The number of ether oxygens (including phenoxy) is 1. The summed E-state index contributed by atoms with van der Waals surface area (Å²) in [6, 6.07) is 19.8. The van der Waals surface area contributed by atoms with Gasteiger partial charge < -0.3 is 9.72 Å². The number of H-pyrrole nitrogens is 1. The van der Waals surface area contributed by atoms with E-state index in [1.165, 1.54) is 46.1 Å². The van der Waals surface area contributed by atoms with Crippen LogP contribution in [0.15, 0.2) is 81.0 Å². The molecule has 0 spiro atoms. The number of benzene rings is 3. The molecule has 2 saturated carbocycles. The number of imide groups is 1. The van der Waals surface area contributed by atoms with E-state index in [1.807, 2.05) is 12.1 Å². The van der Waals surface area contributed by atoms with Crippen LogP contribution in [0, 0.1) is 42.3 Å². The van der Waals surface area contributed by atoms with Gasteiger partial charge in [0, 0.05) is 26.1 Å². The van der Waals surface area contributed by atoms with Gasteiger partial charge in [0.1, 0.15) is 18.2 Å². The van der Waals surface area contributed by atoms with E-state index in [1.54, 1.807) is 11.8 Å². The summed E-state index contributed by atoms with van der Waals surface area (Å²) in [5.74, 6) is -1.09. The third-order valence-electron chi connectivity index (χ3n) is 9.63. The highest BCUT2D eigenvalue weighted by atomic mass is 79.9. The van der Waals surface area contributed by atoms with E-state index >= 15 is 0 Å².